The van der Waals surface area contributed by atoms with Gasteiger partial charge in [-0.25, -0.2) is 0 Å². The average Bonchev–Trinajstić information content (AvgIpc) is 2.90. The molecular formula is C15H11Br2N3O. The summed E-state index contributed by atoms with van der Waals surface area (Å²) >= 11 is 6.91. The lowest BCUT2D eigenvalue weighted by molar-refractivity contribution is 0.432. The third-order valence-corrected chi connectivity index (χ3v) is 4.34. The summed E-state index contributed by atoms with van der Waals surface area (Å²) in [5.41, 5.74) is 9.29. The third-order valence-electron chi connectivity index (χ3n) is 3.02. The summed E-state index contributed by atoms with van der Waals surface area (Å²) in [5, 5.41) is 4.03. The first-order valence-electron chi connectivity index (χ1n) is 6.19. The zero-order valence-electron chi connectivity index (χ0n) is 11.1. The van der Waals surface area contributed by atoms with E-state index in [1.54, 1.807) is 6.07 Å². The highest BCUT2D eigenvalue weighted by molar-refractivity contribution is 9.10. The fourth-order valence-electron chi connectivity index (χ4n) is 1.93. The van der Waals surface area contributed by atoms with Gasteiger partial charge in [0.15, 0.2) is 0 Å². The molecule has 0 saturated carbocycles. The highest BCUT2D eigenvalue weighted by atomic mass is 79.9. The van der Waals surface area contributed by atoms with Gasteiger partial charge in [-0.05, 0) is 36.8 Å². The molecule has 0 amide bonds. The molecule has 0 radical (unpaired) electrons. The van der Waals surface area contributed by atoms with Crippen molar-refractivity contribution in [1.29, 1.82) is 0 Å². The number of anilines is 1. The number of benzene rings is 2. The van der Waals surface area contributed by atoms with E-state index >= 15 is 0 Å². The predicted molar refractivity (Wildman–Crippen MR) is 89.7 cm³/mol. The second-order valence-corrected chi connectivity index (χ2v) is 6.43. The third kappa shape index (κ3) is 3.01. The smallest absolute Gasteiger partial charge is 0.258 e. The lowest BCUT2D eigenvalue weighted by Gasteiger charge is -2.00. The molecule has 0 fully saturated rings. The lowest BCUT2D eigenvalue weighted by atomic mass is 10.1. The van der Waals surface area contributed by atoms with E-state index in [9.17, 15) is 0 Å². The van der Waals surface area contributed by atoms with Crippen LogP contribution in [-0.2, 0) is 0 Å². The number of hydrogen-bond acceptors (Lipinski definition) is 4. The molecule has 3 aromatic rings. The molecule has 0 spiro atoms. The van der Waals surface area contributed by atoms with Gasteiger partial charge in [0.1, 0.15) is 0 Å². The quantitative estimate of drug-likeness (QED) is 0.617. The summed E-state index contributed by atoms with van der Waals surface area (Å²) < 4.78 is 7.22. The molecule has 2 N–H and O–H groups in total. The van der Waals surface area contributed by atoms with Crippen molar-refractivity contribution in [3.8, 4) is 22.8 Å². The van der Waals surface area contributed by atoms with Crippen LogP contribution in [0.2, 0.25) is 0 Å². The molecule has 2 aromatic carbocycles. The second-order valence-electron chi connectivity index (χ2n) is 4.66. The van der Waals surface area contributed by atoms with E-state index in [0.717, 1.165) is 25.6 Å². The van der Waals surface area contributed by atoms with Crippen molar-refractivity contribution in [2.75, 3.05) is 5.73 Å². The van der Waals surface area contributed by atoms with E-state index in [1.165, 1.54) is 0 Å². The highest BCUT2D eigenvalue weighted by Gasteiger charge is 2.12. The van der Waals surface area contributed by atoms with Crippen LogP contribution in [0.4, 0.5) is 5.69 Å². The van der Waals surface area contributed by atoms with E-state index in [2.05, 4.69) is 42.0 Å². The van der Waals surface area contributed by atoms with Gasteiger partial charge in [0.05, 0.1) is 0 Å². The monoisotopic (exact) mass is 407 g/mol. The van der Waals surface area contributed by atoms with Crippen LogP contribution in [0.25, 0.3) is 22.8 Å². The van der Waals surface area contributed by atoms with Crippen molar-refractivity contribution < 1.29 is 4.52 Å². The van der Waals surface area contributed by atoms with Gasteiger partial charge in [0.25, 0.3) is 5.89 Å². The van der Waals surface area contributed by atoms with Crippen molar-refractivity contribution in [3.05, 3.63) is 50.9 Å². The van der Waals surface area contributed by atoms with Gasteiger partial charge >= 0.3 is 0 Å². The van der Waals surface area contributed by atoms with Crippen LogP contribution in [0, 0.1) is 6.92 Å². The van der Waals surface area contributed by atoms with Crippen LogP contribution >= 0.6 is 31.9 Å². The lowest BCUT2D eigenvalue weighted by Crippen LogP contribution is -1.87. The number of rotatable bonds is 2. The molecule has 3 rings (SSSR count). The van der Waals surface area contributed by atoms with Crippen molar-refractivity contribution >= 4 is 37.5 Å². The normalized spacial score (nSPS) is 10.8. The summed E-state index contributed by atoms with van der Waals surface area (Å²) in [6.07, 6.45) is 0. The van der Waals surface area contributed by atoms with Crippen LogP contribution in [-0.4, -0.2) is 10.1 Å². The molecule has 0 aliphatic rings. The minimum absolute atomic E-state index is 0.440. The zero-order valence-corrected chi connectivity index (χ0v) is 14.3. The molecule has 0 saturated heterocycles. The highest BCUT2D eigenvalue weighted by Crippen LogP contribution is 2.28. The summed E-state index contributed by atoms with van der Waals surface area (Å²) in [7, 11) is 0. The van der Waals surface area contributed by atoms with E-state index < -0.39 is 0 Å². The Kier molecular flexibility index (Phi) is 3.82. The number of halogens is 2. The summed E-state index contributed by atoms with van der Waals surface area (Å²) in [6, 6.07) is 11.4. The molecule has 21 heavy (non-hydrogen) atoms. The number of hydrogen-bond donors (Lipinski definition) is 1. The maximum Gasteiger partial charge on any atom is 0.258 e. The van der Waals surface area contributed by atoms with Gasteiger partial charge in [0, 0.05) is 25.8 Å². The van der Waals surface area contributed by atoms with Gasteiger partial charge in [-0.3, -0.25) is 0 Å². The number of nitrogens with two attached hydrogens (primary N) is 1. The van der Waals surface area contributed by atoms with Crippen molar-refractivity contribution in [1.82, 2.24) is 10.1 Å². The van der Waals surface area contributed by atoms with Crippen LogP contribution in [0.5, 0.6) is 0 Å². The molecule has 6 heteroatoms. The minimum Gasteiger partial charge on any atom is -0.399 e. The van der Waals surface area contributed by atoms with Crippen LogP contribution < -0.4 is 5.73 Å². The van der Waals surface area contributed by atoms with E-state index in [-0.39, 0.29) is 0 Å². The number of nitrogens with zero attached hydrogens (tertiary/aromatic N) is 2. The van der Waals surface area contributed by atoms with Crippen LogP contribution in [0.3, 0.4) is 0 Å². The maximum absolute atomic E-state index is 5.83. The van der Waals surface area contributed by atoms with Crippen LogP contribution in [0.15, 0.2) is 49.9 Å². The predicted octanol–water partition coefficient (Wildman–Crippen LogP) is 4.82. The van der Waals surface area contributed by atoms with Gasteiger partial charge in [-0.1, -0.05) is 49.1 Å². The Bertz CT molecular complexity index is 794. The Morgan fingerprint density at radius 1 is 1.05 bits per heavy atom. The number of aryl methyl sites for hydroxylation is 1. The van der Waals surface area contributed by atoms with E-state index in [4.69, 9.17) is 10.3 Å². The van der Waals surface area contributed by atoms with Crippen molar-refractivity contribution in [2.45, 2.75) is 6.92 Å². The maximum atomic E-state index is 5.83. The first-order chi connectivity index (χ1) is 10.0. The molecule has 1 aromatic heterocycles. The Morgan fingerprint density at radius 3 is 2.57 bits per heavy atom. The second kappa shape index (κ2) is 5.61. The number of nitrogen functional groups attached to an aromatic ring is 1. The molecule has 0 aliphatic carbocycles. The molecule has 0 unspecified atom stereocenters. The first kappa shape index (κ1) is 14.3. The Balaban J connectivity index is 2.01. The van der Waals surface area contributed by atoms with Gasteiger partial charge in [-0.15, -0.1) is 0 Å². The fraction of sp³-hybridized carbons (Fsp3) is 0.0667. The van der Waals surface area contributed by atoms with Gasteiger partial charge < -0.3 is 10.3 Å². The molecule has 0 bridgehead atoms. The molecule has 1 heterocycles. The SMILES string of the molecule is Cc1ccc(-c2noc(-c3cc(N)cc(Br)c3)n2)cc1Br. The Morgan fingerprint density at radius 2 is 1.86 bits per heavy atom. The molecule has 0 atom stereocenters. The minimum atomic E-state index is 0.440. The topological polar surface area (TPSA) is 64.9 Å². The molecule has 0 aliphatic heterocycles. The van der Waals surface area contributed by atoms with Crippen LogP contribution in [0.1, 0.15) is 5.56 Å². The first-order valence-corrected chi connectivity index (χ1v) is 7.78. The summed E-state index contributed by atoms with van der Waals surface area (Å²) in [6.45, 7) is 2.03. The molecular weight excluding hydrogens is 398 g/mol. The van der Waals surface area contributed by atoms with Gasteiger partial charge in [-0.2, -0.15) is 4.98 Å². The standard InChI is InChI=1S/C15H11Br2N3O/c1-8-2-3-9(6-13(8)17)14-19-15(21-20-14)10-4-11(16)7-12(18)5-10/h2-7H,18H2,1H3. The zero-order chi connectivity index (χ0) is 15.0. The Labute approximate surface area is 138 Å². The summed E-state index contributed by atoms with van der Waals surface area (Å²) in [4.78, 5) is 4.43. The molecule has 106 valence electrons. The average molecular weight is 409 g/mol. The van der Waals surface area contributed by atoms with E-state index in [0.29, 0.717) is 17.4 Å². The van der Waals surface area contributed by atoms with Crippen molar-refractivity contribution in [2.24, 2.45) is 0 Å². The largest absolute Gasteiger partial charge is 0.399 e. The van der Waals surface area contributed by atoms with Gasteiger partial charge in [0.2, 0.25) is 5.82 Å². The number of aromatic nitrogens is 2. The Hall–Kier alpha value is -1.66. The van der Waals surface area contributed by atoms with E-state index in [1.807, 2.05) is 37.3 Å². The fourth-order valence-corrected chi connectivity index (χ4v) is 2.82. The van der Waals surface area contributed by atoms with Crippen molar-refractivity contribution in [3.63, 3.8) is 0 Å². The molecule has 4 nitrogen and oxygen atoms in total. The summed E-state index contributed by atoms with van der Waals surface area (Å²) in [5.74, 6) is 0.985.